The Hall–Kier alpha value is 0.506. The molecule has 4 saturated carbocycles. The minimum absolute atomic E-state index is 0. The normalized spacial score (nSPS) is 52.4. The summed E-state index contributed by atoms with van der Waals surface area (Å²) in [6.45, 7) is 0. The molecule has 4 bridgehead atoms. The van der Waals surface area contributed by atoms with E-state index in [-0.39, 0.29) is 16.8 Å². The smallest absolute Gasteiger partial charge is 0 e. The SMILES string of the molecule is C1C2CC3CC1CC(C2)C3.[Co]. The standard InChI is InChI=1S/C10H16.Co/c1-7-2-9-4-8(1)5-10(3-7)6-9;/h7-10H,1-6H2;. The fourth-order valence-corrected chi connectivity index (χ4v) is 3.98. The van der Waals surface area contributed by atoms with Crippen LogP contribution in [0.5, 0.6) is 0 Å². The molecule has 4 aliphatic carbocycles. The molecular weight excluding hydrogens is 179 g/mol. The first-order valence-corrected chi connectivity index (χ1v) is 4.90. The van der Waals surface area contributed by atoms with Crippen molar-refractivity contribution in [1.82, 2.24) is 0 Å². The van der Waals surface area contributed by atoms with E-state index in [4.69, 9.17) is 0 Å². The van der Waals surface area contributed by atoms with Gasteiger partial charge >= 0.3 is 0 Å². The van der Waals surface area contributed by atoms with Crippen LogP contribution < -0.4 is 0 Å². The van der Waals surface area contributed by atoms with Gasteiger partial charge in [0.15, 0.2) is 0 Å². The molecule has 0 N–H and O–H groups in total. The molecule has 65 valence electrons. The van der Waals surface area contributed by atoms with Gasteiger partial charge in [0.05, 0.1) is 0 Å². The molecule has 0 spiro atoms. The summed E-state index contributed by atoms with van der Waals surface area (Å²) in [5.74, 6) is 4.71. The Morgan fingerprint density at radius 1 is 0.455 bits per heavy atom. The van der Waals surface area contributed by atoms with E-state index in [1.165, 1.54) is 23.7 Å². The summed E-state index contributed by atoms with van der Waals surface area (Å²) in [6, 6.07) is 0. The van der Waals surface area contributed by atoms with Gasteiger partial charge in [-0.05, 0) is 62.2 Å². The van der Waals surface area contributed by atoms with E-state index < -0.39 is 0 Å². The molecule has 1 radical (unpaired) electrons. The molecule has 0 atom stereocenters. The van der Waals surface area contributed by atoms with Crippen LogP contribution in [0, 0.1) is 23.7 Å². The van der Waals surface area contributed by atoms with Crippen LogP contribution in [0.2, 0.25) is 0 Å². The third-order valence-electron chi connectivity index (χ3n) is 4.00. The molecule has 4 fully saturated rings. The second kappa shape index (κ2) is 2.77. The van der Waals surface area contributed by atoms with Crippen molar-refractivity contribution in [3.63, 3.8) is 0 Å². The molecular formula is C10H16Co. The first-order valence-electron chi connectivity index (χ1n) is 4.90. The molecule has 0 unspecified atom stereocenters. The zero-order valence-electron chi connectivity index (χ0n) is 6.89. The van der Waals surface area contributed by atoms with Gasteiger partial charge in [0, 0.05) is 16.8 Å². The summed E-state index contributed by atoms with van der Waals surface area (Å²) in [5.41, 5.74) is 0. The van der Waals surface area contributed by atoms with Crippen LogP contribution >= 0.6 is 0 Å². The second-order valence-electron chi connectivity index (χ2n) is 4.88. The van der Waals surface area contributed by atoms with Crippen molar-refractivity contribution in [2.45, 2.75) is 38.5 Å². The Kier molecular flexibility index (Phi) is 2.05. The molecule has 0 aromatic carbocycles. The average molecular weight is 195 g/mol. The number of hydrogen-bond acceptors (Lipinski definition) is 0. The maximum atomic E-state index is 1.60. The van der Waals surface area contributed by atoms with Gasteiger partial charge in [-0.2, -0.15) is 0 Å². The van der Waals surface area contributed by atoms with Crippen LogP contribution in [0.15, 0.2) is 0 Å². The topological polar surface area (TPSA) is 0 Å². The Morgan fingerprint density at radius 2 is 0.636 bits per heavy atom. The number of rotatable bonds is 0. The minimum Gasteiger partial charge on any atom is -0.0475 e. The van der Waals surface area contributed by atoms with Gasteiger partial charge in [-0.15, -0.1) is 0 Å². The molecule has 4 rings (SSSR count). The van der Waals surface area contributed by atoms with Crippen molar-refractivity contribution in [3.8, 4) is 0 Å². The minimum atomic E-state index is 0. The van der Waals surface area contributed by atoms with E-state index in [2.05, 4.69) is 0 Å². The van der Waals surface area contributed by atoms with E-state index in [0.29, 0.717) is 0 Å². The molecule has 0 aromatic rings. The van der Waals surface area contributed by atoms with Gasteiger partial charge in [-0.1, -0.05) is 0 Å². The van der Waals surface area contributed by atoms with Gasteiger partial charge in [0.1, 0.15) is 0 Å². The Morgan fingerprint density at radius 3 is 0.818 bits per heavy atom. The van der Waals surface area contributed by atoms with Gasteiger partial charge in [-0.25, -0.2) is 0 Å². The summed E-state index contributed by atoms with van der Waals surface area (Å²) in [4.78, 5) is 0. The predicted molar refractivity (Wildman–Crippen MR) is 41.7 cm³/mol. The predicted octanol–water partition coefficient (Wildman–Crippen LogP) is 2.83. The van der Waals surface area contributed by atoms with Crippen LogP contribution in [-0.2, 0) is 16.8 Å². The maximum absolute atomic E-state index is 1.60. The van der Waals surface area contributed by atoms with Crippen molar-refractivity contribution < 1.29 is 16.8 Å². The Bertz CT molecular complexity index is 96.4. The van der Waals surface area contributed by atoms with Crippen molar-refractivity contribution in [3.05, 3.63) is 0 Å². The van der Waals surface area contributed by atoms with Crippen LogP contribution in [0.4, 0.5) is 0 Å². The van der Waals surface area contributed by atoms with Gasteiger partial charge in [0.25, 0.3) is 0 Å². The van der Waals surface area contributed by atoms with E-state index >= 15 is 0 Å². The molecule has 0 saturated heterocycles. The average Bonchev–Trinajstić information content (AvgIpc) is 1.82. The second-order valence-corrected chi connectivity index (χ2v) is 4.88. The van der Waals surface area contributed by atoms with Crippen molar-refractivity contribution >= 4 is 0 Å². The first-order chi connectivity index (χ1) is 4.90. The third kappa shape index (κ3) is 1.27. The molecule has 1 heteroatoms. The zero-order chi connectivity index (χ0) is 6.55. The van der Waals surface area contributed by atoms with Gasteiger partial charge in [-0.3, -0.25) is 0 Å². The van der Waals surface area contributed by atoms with Crippen molar-refractivity contribution in [2.24, 2.45) is 23.7 Å². The maximum Gasteiger partial charge on any atom is 0 e. The quantitative estimate of drug-likeness (QED) is 0.557. The molecule has 11 heavy (non-hydrogen) atoms. The van der Waals surface area contributed by atoms with E-state index in [1.54, 1.807) is 38.5 Å². The monoisotopic (exact) mass is 195 g/mol. The summed E-state index contributed by atoms with van der Waals surface area (Å²) in [6.07, 6.45) is 9.62. The Labute approximate surface area is 79.3 Å². The van der Waals surface area contributed by atoms with Crippen molar-refractivity contribution in [1.29, 1.82) is 0 Å². The third-order valence-corrected chi connectivity index (χ3v) is 4.00. The summed E-state index contributed by atoms with van der Waals surface area (Å²) >= 11 is 0. The van der Waals surface area contributed by atoms with E-state index in [1.807, 2.05) is 0 Å². The van der Waals surface area contributed by atoms with Crippen LogP contribution in [-0.4, -0.2) is 0 Å². The fourth-order valence-electron chi connectivity index (χ4n) is 3.98. The van der Waals surface area contributed by atoms with Crippen molar-refractivity contribution in [2.75, 3.05) is 0 Å². The first kappa shape index (κ1) is 8.12. The Balaban J connectivity index is 0.000000480. The van der Waals surface area contributed by atoms with E-state index in [9.17, 15) is 0 Å². The van der Waals surface area contributed by atoms with Crippen LogP contribution in [0.25, 0.3) is 0 Å². The fraction of sp³-hybridized carbons (Fsp3) is 1.00. The molecule has 4 aliphatic rings. The van der Waals surface area contributed by atoms with Crippen LogP contribution in [0.1, 0.15) is 38.5 Å². The van der Waals surface area contributed by atoms with Gasteiger partial charge < -0.3 is 0 Å². The summed E-state index contributed by atoms with van der Waals surface area (Å²) in [5, 5.41) is 0. The zero-order valence-corrected chi connectivity index (χ0v) is 7.93. The number of hydrogen-bond donors (Lipinski definition) is 0. The largest absolute Gasteiger partial charge is 0.0475 e. The molecule has 0 aliphatic heterocycles. The molecule has 0 aromatic heterocycles. The molecule has 0 heterocycles. The molecule has 0 amide bonds. The van der Waals surface area contributed by atoms with Gasteiger partial charge in [0.2, 0.25) is 0 Å². The van der Waals surface area contributed by atoms with Crippen LogP contribution in [0.3, 0.4) is 0 Å². The van der Waals surface area contributed by atoms with E-state index in [0.717, 1.165) is 0 Å². The summed E-state index contributed by atoms with van der Waals surface area (Å²) in [7, 11) is 0. The summed E-state index contributed by atoms with van der Waals surface area (Å²) < 4.78 is 0. The molecule has 0 nitrogen and oxygen atoms in total.